The van der Waals surface area contributed by atoms with E-state index in [1.165, 1.54) is 6.92 Å². The van der Waals surface area contributed by atoms with E-state index in [0.717, 1.165) is 0 Å². The SMILES string of the molecule is CC1C(CN=[N+]=[N-])OC(OC2C(N=[N+]=[N-])CC(N=[N+]=[N-])C(O)C2OC2OC(CO)C(OC3OC(CN=[N+]=[N-])C(O)C(O)C3N=[N+]=[N-])C2O)C(OCc2ccccc2)C1F. The summed E-state index contributed by atoms with van der Waals surface area (Å²) in [6, 6.07) is 4.47. The molecule has 0 bridgehead atoms. The Kier molecular flexibility index (Phi) is 16.5. The van der Waals surface area contributed by atoms with E-state index in [1.54, 1.807) is 30.3 Å². The van der Waals surface area contributed by atoms with Crippen molar-refractivity contribution >= 4 is 0 Å². The first kappa shape index (κ1) is 45.3. The maximum atomic E-state index is 16.3. The van der Waals surface area contributed by atoms with E-state index < -0.39 is 129 Å². The Morgan fingerprint density at radius 1 is 0.661 bits per heavy atom. The van der Waals surface area contributed by atoms with Crippen LogP contribution in [0.15, 0.2) is 55.9 Å². The molecule has 4 fully saturated rings. The van der Waals surface area contributed by atoms with Gasteiger partial charge in [0.25, 0.3) is 0 Å². The van der Waals surface area contributed by atoms with Crippen molar-refractivity contribution in [1.82, 2.24) is 0 Å². The molecule has 1 saturated carbocycles. The van der Waals surface area contributed by atoms with E-state index in [2.05, 4.69) is 50.1 Å². The molecule has 0 spiro atoms. The average Bonchev–Trinajstić information content (AvgIpc) is 3.53. The van der Waals surface area contributed by atoms with Crippen LogP contribution in [0, 0.1) is 5.92 Å². The molecule has 4 aliphatic rings. The molecule has 1 aromatic rings. The van der Waals surface area contributed by atoms with Crippen LogP contribution in [0.25, 0.3) is 52.2 Å². The Morgan fingerprint density at radius 3 is 1.90 bits per heavy atom. The molecule has 28 heteroatoms. The third kappa shape index (κ3) is 10.5. The molecular weight excluding hydrogens is 793 g/mol. The summed E-state index contributed by atoms with van der Waals surface area (Å²) >= 11 is 0. The predicted molar refractivity (Wildman–Crippen MR) is 192 cm³/mol. The third-order valence-electron chi connectivity index (χ3n) is 10.4. The number of rotatable bonds is 17. The van der Waals surface area contributed by atoms with E-state index in [-0.39, 0.29) is 19.6 Å². The maximum Gasteiger partial charge on any atom is 0.187 e. The number of benzene rings is 1. The molecule has 5 N–H and O–H groups in total. The van der Waals surface area contributed by atoms with Gasteiger partial charge in [0, 0.05) is 30.5 Å². The molecular formula is C31H42FN15O12. The minimum Gasteiger partial charge on any atom is -0.394 e. The molecule has 0 aromatic heterocycles. The van der Waals surface area contributed by atoms with Gasteiger partial charge in [0.1, 0.15) is 48.8 Å². The molecule has 320 valence electrons. The van der Waals surface area contributed by atoms with Crippen LogP contribution in [-0.2, 0) is 39.8 Å². The monoisotopic (exact) mass is 835 g/mol. The van der Waals surface area contributed by atoms with Crippen LogP contribution < -0.4 is 0 Å². The van der Waals surface area contributed by atoms with Crippen LogP contribution in [0.3, 0.4) is 0 Å². The van der Waals surface area contributed by atoms with Gasteiger partial charge in [0.05, 0.1) is 68.9 Å². The Morgan fingerprint density at radius 2 is 1.25 bits per heavy atom. The summed E-state index contributed by atoms with van der Waals surface area (Å²) in [5, 5.41) is 72.3. The second-order valence-electron chi connectivity index (χ2n) is 13.9. The summed E-state index contributed by atoms with van der Waals surface area (Å²) in [5.74, 6) is -0.882. The van der Waals surface area contributed by atoms with Gasteiger partial charge < -0.3 is 58.7 Å². The average molecular weight is 836 g/mol. The highest BCUT2D eigenvalue weighted by atomic mass is 19.1. The third-order valence-corrected chi connectivity index (χ3v) is 10.4. The molecule has 19 unspecified atom stereocenters. The van der Waals surface area contributed by atoms with E-state index in [0.29, 0.717) is 5.56 Å². The van der Waals surface area contributed by atoms with Gasteiger partial charge in [-0.1, -0.05) is 62.8 Å². The first-order valence-corrected chi connectivity index (χ1v) is 18.2. The van der Waals surface area contributed by atoms with Gasteiger partial charge in [0.2, 0.25) is 0 Å². The molecule has 3 saturated heterocycles. The zero-order chi connectivity index (χ0) is 42.6. The van der Waals surface area contributed by atoms with Crippen molar-refractivity contribution in [3.05, 3.63) is 88.1 Å². The van der Waals surface area contributed by atoms with Crippen LogP contribution in [-0.4, -0.2) is 156 Å². The molecule has 19 atom stereocenters. The number of halogens is 1. The molecule has 1 aromatic carbocycles. The predicted octanol–water partition coefficient (Wildman–Crippen LogP) is 2.37. The van der Waals surface area contributed by atoms with E-state index in [9.17, 15) is 36.6 Å². The van der Waals surface area contributed by atoms with E-state index in [1.807, 2.05) is 0 Å². The number of aliphatic hydroxyl groups excluding tert-OH is 5. The van der Waals surface area contributed by atoms with Crippen molar-refractivity contribution in [1.29, 1.82) is 0 Å². The normalized spacial score (nSPS) is 40.6. The Hall–Kier alpha value is -4.78. The Balaban J connectivity index is 1.45. The van der Waals surface area contributed by atoms with Crippen LogP contribution >= 0.6 is 0 Å². The number of hydrogen-bond donors (Lipinski definition) is 5. The molecule has 3 aliphatic heterocycles. The number of alkyl halides is 1. The van der Waals surface area contributed by atoms with Crippen LogP contribution in [0.1, 0.15) is 18.9 Å². The number of ether oxygens (including phenoxy) is 7. The fraction of sp³-hybridized carbons (Fsp3) is 0.806. The van der Waals surface area contributed by atoms with Crippen molar-refractivity contribution in [2.24, 2.45) is 31.5 Å². The Bertz CT molecular complexity index is 1800. The second kappa shape index (κ2) is 21.5. The summed E-state index contributed by atoms with van der Waals surface area (Å²) in [6.45, 7) is -0.231. The van der Waals surface area contributed by atoms with E-state index >= 15 is 4.39 Å². The largest absolute Gasteiger partial charge is 0.394 e. The lowest BCUT2D eigenvalue weighted by Crippen LogP contribution is -2.62. The fourth-order valence-corrected chi connectivity index (χ4v) is 7.32. The van der Waals surface area contributed by atoms with Gasteiger partial charge in [0.15, 0.2) is 18.9 Å². The summed E-state index contributed by atoms with van der Waals surface area (Å²) in [5.41, 5.74) is 46.4. The van der Waals surface area contributed by atoms with Crippen LogP contribution in [0.2, 0.25) is 0 Å². The highest BCUT2D eigenvalue weighted by Gasteiger charge is 2.55. The van der Waals surface area contributed by atoms with Crippen molar-refractivity contribution in [2.75, 3.05) is 19.7 Å². The smallest absolute Gasteiger partial charge is 0.187 e. The number of aliphatic hydroxyl groups is 5. The van der Waals surface area contributed by atoms with Gasteiger partial charge in [-0.15, -0.1) is 0 Å². The van der Waals surface area contributed by atoms with Gasteiger partial charge in [-0.25, -0.2) is 4.39 Å². The van der Waals surface area contributed by atoms with Crippen LogP contribution in [0.4, 0.5) is 4.39 Å². The van der Waals surface area contributed by atoms with Gasteiger partial charge in [-0.2, -0.15) is 0 Å². The highest BCUT2D eigenvalue weighted by molar-refractivity contribution is 5.13. The zero-order valence-corrected chi connectivity index (χ0v) is 31.1. The van der Waals surface area contributed by atoms with Gasteiger partial charge in [-0.05, 0) is 39.6 Å². The van der Waals surface area contributed by atoms with Gasteiger partial charge >= 0.3 is 0 Å². The highest BCUT2D eigenvalue weighted by Crippen LogP contribution is 2.39. The number of hydrogen-bond acceptors (Lipinski definition) is 17. The summed E-state index contributed by atoms with van der Waals surface area (Å²) < 4.78 is 58.1. The summed E-state index contributed by atoms with van der Waals surface area (Å²) in [7, 11) is 0. The minimum atomic E-state index is -1.90. The lowest BCUT2D eigenvalue weighted by molar-refractivity contribution is -0.324. The minimum absolute atomic E-state index is 0.103. The van der Waals surface area contributed by atoms with Crippen molar-refractivity contribution < 1.29 is 63.1 Å². The van der Waals surface area contributed by atoms with Crippen LogP contribution in [0.5, 0.6) is 0 Å². The van der Waals surface area contributed by atoms with E-state index in [4.69, 9.17) is 49.8 Å². The molecule has 1 aliphatic carbocycles. The quantitative estimate of drug-likeness (QED) is 0.0858. The molecule has 27 nitrogen and oxygen atoms in total. The topological polar surface area (TPSA) is 410 Å². The molecule has 0 radical (unpaired) electrons. The zero-order valence-electron chi connectivity index (χ0n) is 31.1. The maximum absolute atomic E-state index is 16.3. The molecule has 59 heavy (non-hydrogen) atoms. The van der Waals surface area contributed by atoms with Crippen molar-refractivity contribution in [2.45, 2.75) is 130 Å². The Labute approximate surface area is 332 Å². The van der Waals surface area contributed by atoms with Gasteiger partial charge in [-0.3, -0.25) is 0 Å². The van der Waals surface area contributed by atoms with Crippen molar-refractivity contribution in [3.8, 4) is 0 Å². The molecule has 0 amide bonds. The second-order valence-corrected chi connectivity index (χ2v) is 13.9. The first-order chi connectivity index (χ1) is 28.5. The van der Waals surface area contributed by atoms with Crippen molar-refractivity contribution in [3.63, 3.8) is 0 Å². The number of azide groups is 5. The standard InChI is InChI=1S/C31H42FN15O12/c1-12-16(8-38-43-33)54-31(27(19(12)32)53-11-13-5-3-2-4-6-13)57-25-15(41-46-36)7-14(40-45-35)21(49)28(25)59-30-24(52)26(18(10-48)56-30)58-29-20(42-47-37)23(51)22(50)17(55-29)9-39-44-34/h2-6,12,14-31,48-52H,7-11H2,1H3. The fourth-order valence-electron chi connectivity index (χ4n) is 7.32. The lowest BCUT2D eigenvalue weighted by Gasteiger charge is -2.47. The molecule has 3 heterocycles. The summed E-state index contributed by atoms with van der Waals surface area (Å²) in [4.78, 5) is 13.6. The number of nitrogens with zero attached hydrogens (tertiary/aromatic N) is 15. The summed E-state index contributed by atoms with van der Waals surface area (Å²) in [6.07, 6.45) is -24.8. The first-order valence-electron chi connectivity index (χ1n) is 18.2. The lowest BCUT2D eigenvalue weighted by atomic mass is 9.84. The molecule has 5 rings (SSSR count).